The number of carbonyl (C=O) groups excluding carboxylic acids is 2. The first kappa shape index (κ1) is 17.0. The van der Waals surface area contributed by atoms with Crippen LogP contribution < -0.4 is 15.0 Å². The predicted octanol–water partition coefficient (Wildman–Crippen LogP) is 3.75. The van der Waals surface area contributed by atoms with Crippen LogP contribution in [0.2, 0.25) is 0 Å². The van der Waals surface area contributed by atoms with Crippen LogP contribution in [0.5, 0.6) is 5.75 Å². The third-order valence-electron chi connectivity index (χ3n) is 4.13. The fourth-order valence-corrected chi connectivity index (χ4v) is 2.82. The average Bonchev–Trinajstić information content (AvgIpc) is 2.81. The molecule has 0 aromatic heterocycles. The highest BCUT2D eigenvalue weighted by atomic mass is 35.5. The lowest BCUT2D eigenvalue weighted by molar-refractivity contribution is -0.120. The Morgan fingerprint density at radius 1 is 1.00 bits per heavy atom. The van der Waals surface area contributed by atoms with Gasteiger partial charge in [-0.3, -0.25) is 9.59 Å². The number of nitrogens with one attached hydrogen (secondary N) is 1. The van der Waals surface area contributed by atoms with Gasteiger partial charge >= 0.3 is 0 Å². The Labute approximate surface area is 150 Å². The van der Waals surface area contributed by atoms with Crippen molar-refractivity contribution in [2.24, 2.45) is 0 Å². The van der Waals surface area contributed by atoms with E-state index < -0.39 is 11.8 Å². The van der Waals surface area contributed by atoms with Crippen LogP contribution in [0.25, 0.3) is 0 Å². The number of ether oxygens (including phenoxy) is 1. The quantitative estimate of drug-likeness (QED) is 0.848. The van der Waals surface area contributed by atoms with Crippen LogP contribution in [0, 0.1) is 13.8 Å². The molecule has 128 valence electrons. The van der Waals surface area contributed by atoms with Crippen molar-refractivity contribution >= 4 is 34.8 Å². The molecule has 0 unspecified atom stereocenters. The summed E-state index contributed by atoms with van der Waals surface area (Å²) in [5, 5.41) is 2.83. The van der Waals surface area contributed by atoms with E-state index in [1.165, 1.54) is 7.11 Å². The van der Waals surface area contributed by atoms with Crippen LogP contribution in [-0.2, 0) is 9.59 Å². The topological polar surface area (TPSA) is 58.6 Å². The first-order valence-corrected chi connectivity index (χ1v) is 8.07. The smallest absolute Gasteiger partial charge is 0.283 e. The maximum Gasteiger partial charge on any atom is 0.283 e. The molecule has 1 aliphatic heterocycles. The highest BCUT2D eigenvalue weighted by Crippen LogP contribution is 2.35. The van der Waals surface area contributed by atoms with Gasteiger partial charge in [-0.05, 0) is 49.2 Å². The van der Waals surface area contributed by atoms with Crippen LogP contribution >= 0.6 is 11.6 Å². The first-order chi connectivity index (χ1) is 11.9. The molecule has 1 aliphatic rings. The van der Waals surface area contributed by atoms with E-state index in [0.29, 0.717) is 17.1 Å². The number of hydrogen-bond acceptors (Lipinski definition) is 4. The molecular formula is C19H17ClN2O3. The Morgan fingerprint density at radius 2 is 1.72 bits per heavy atom. The second kappa shape index (κ2) is 6.61. The van der Waals surface area contributed by atoms with Crippen molar-refractivity contribution in [3.05, 3.63) is 64.3 Å². The van der Waals surface area contributed by atoms with E-state index in [-0.39, 0.29) is 10.7 Å². The minimum atomic E-state index is -0.581. The Hall–Kier alpha value is -2.79. The van der Waals surface area contributed by atoms with Gasteiger partial charge in [-0.15, -0.1) is 0 Å². The molecule has 0 aliphatic carbocycles. The normalized spacial score (nSPS) is 14.3. The molecule has 2 aromatic rings. The summed E-state index contributed by atoms with van der Waals surface area (Å²) in [7, 11) is 1.48. The number of nitrogens with zero attached hydrogens (tertiary/aromatic N) is 1. The molecule has 0 saturated heterocycles. The number of methoxy groups -OCH3 is 1. The zero-order valence-electron chi connectivity index (χ0n) is 14.1. The lowest BCUT2D eigenvalue weighted by Gasteiger charge is -2.18. The summed E-state index contributed by atoms with van der Waals surface area (Å²) in [5.74, 6) is -0.679. The van der Waals surface area contributed by atoms with Gasteiger partial charge in [0.2, 0.25) is 0 Å². The fourth-order valence-electron chi connectivity index (χ4n) is 2.61. The van der Waals surface area contributed by atoms with Gasteiger partial charge in [-0.25, -0.2) is 4.90 Å². The molecule has 5 nitrogen and oxygen atoms in total. The molecule has 0 radical (unpaired) electrons. The van der Waals surface area contributed by atoms with Crippen molar-refractivity contribution in [1.82, 2.24) is 0 Å². The Kier molecular flexibility index (Phi) is 4.51. The van der Waals surface area contributed by atoms with Crippen LogP contribution in [0.4, 0.5) is 11.4 Å². The van der Waals surface area contributed by atoms with Crippen molar-refractivity contribution in [3.63, 3.8) is 0 Å². The Balaban J connectivity index is 1.95. The summed E-state index contributed by atoms with van der Waals surface area (Å²) >= 11 is 6.15. The van der Waals surface area contributed by atoms with Crippen molar-refractivity contribution in [2.75, 3.05) is 17.3 Å². The summed E-state index contributed by atoms with van der Waals surface area (Å²) in [4.78, 5) is 26.3. The van der Waals surface area contributed by atoms with Crippen LogP contribution in [0.15, 0.2) is 53.2 Å². The maximum absolute atomic E-state index is 12.8. The van der Waals surface area contributed by atoms with Gasteiger partial charge in [0.05, 0.1) is 12.8 Å². The summed E-state index contributed by atoms with van der Waals surface area (Å²) < 4.78 is 5.24. The van der Waals surface area contributed by atoms with Gasteiger partial charge in [0, 0.05) is 5.69 Å². The number of para-hydroxylation sites is 2. The largest absolute Gasteiger partial charge is 0.495 e. The SMILES string of the molecule is COc1ccccc1N1C(=O)C(Cl)=C(Nc2ccc(C)c(C)c2)C1=O. The molecule has 0 saturated carbocycles. The molecule has 0 atom stereocenters. The monoisotopic (exact) mass is 356 g/mol. The highest BCUT2D eigenvalue weighted by Gasteiger charge is 2.40. The van der Waals surface area contributed by atoms with E-state index in [9.17, 15) is 9.59 Å². The fraction of sp³-hybridized carbons (Fsp3) is 0.158. The number of aryl methyl sites for hydroxylation is 2. The molecule has 25 heavy (non-hydrogen) atoms. The minimum Gasteiger partial charge on any atom is -0.495 e. The van der Waals surface area contributed by atoms with E-state index in [1.54, 1.807) is 24.3 Å². The lowest BCUT2D eigenvalue weighted by Crippen LogP contribution is -2.32. The standard InChI is InChI=1S/C19H17ClN2O3/c1-11-8-9-13(10-12(11)2)21-17-16(20)18(23)22(19(17)24)14-6-4-5-7-15(14)25-3/h4-10,21H,1-3H3. The highest BCUT2D eigenvalue weighted by molar-refractivity contribution is 6.53. The van der Waals surface area contributed by atoms with E-state index in [4.69, 9.17) is 16.3 Å². The van der Waals surface area contributed by atoms with Gasteiger partial charge in [0.15, 0.2) is 0 Å². The van der Waals surface area contributed by atoms with Gasteiger partial charge < -0.3 is 10.1 Å². The summed E-state index contributed by atoms with van der Waals surface area (Å²) in [6.07, 6.45) is 0. The number of amides is 2. The molecule has 1 heterocycles. The molecule has 0 bridgehead atoms. The lowest BCUT2D eigenvalue weighted by atomic mass is 10.1. The van der Waals surface area contributed by atoms with Crippen LogP contribution in [-0.4, -0.2) is 18.9 Å². The number of imide groups is 1. The summed E-state index contributed by atoms with van der Waals surface area (Å²) in [5.41, 5.74) is 3.31. The van der Waals surface area contributed by atoms with Gasteiger partial charge in [-0.1, -0.05) is 29.8 Å². The van der Waals surface area contributed by atoms with Crippen LogP contribution in [0.1, 0.15) is 11.1 Å². The van der Waals surface area contributed by atoms with Gasteiger partial charge in [0.25, 0.3) is 11.8 Å². The zero-order valence-corrected chi connectivity index (χ0v) is 14.8. The summed E-state index contributed by atoms with van der Waals surface area (Å²) in [6, 6.07) is 12.5. The zero-order chi connectivity index (χ0) is 18.1. The number of hydrogen-bond donors (Lipinski definition) is 1. The summed E-state index contributed by atoms with van der Waals surface area (Å²) in [6.45, 7) is 3.97. The van der Waals surface area contributed by atoms with Gasteiger partial charge in [-0.2, -0.15) is 0 Å². The number of rotatable bonds is 4. The second-order valence-electron chi connectivity index (χ2n) is 5.73. The van der Waals surface area contributed by atoms with Crippen molar-refractivity contribution in [3.8, 4) is 5.75 Å². The molecule has 3 rings (SSSR count). The molecule has 6 heteroatoms. The van der Waals surface area contributed by atoms with Crippen molar-refractivity contribution < 1.29 is 14.3 Å². The minimum absolute atomic E-state index is 0.0563. The molecule has 2 aromatic carbocycles. The third kappa shape index (κ3) is 2.98. The number of benzene rings is 2. The Bertz CT molecular complexity index is 905. The van der Waals surface area contributed by atoms with Crippen LogP contribution in [0.3, 0.4) is 0 Å². The number of halogens is 1. The predicted molar refractivity (Wildman–Crippen MR) is 97.9 cm³/mol. The van der Waals surface area contributed by atoms with Gasteiger partial charge in [0.1, 0.15) is 16.5 Å². The molecule has 0 spiro atoms. The molecule has 2 amide bonds. The molecular weight excluding hydrogens is 340 g/mol. The number of carbonyl (C=O) groups is 2. The Morgan fingerprint density at radius 3 is 2.40 bits per heavy atom. The van der Waals surface area contributed by atoms with E-state index in [0.717, 1.165) is 16.0 Å². The average molecular weight is 357 g/mol. The number of anilines is 2. The van der Waals surface area contributed by atoms with Crippen molar-refractivity contribution in [2.45, 2.75) is 13.8 Å². The third-order valence-corrected chi connectivity index (χ3v) is 4.48. The van der Waals surface area contributed by atoms with E-state index in [1.807, 2.05) is 32.0 Å². The van der Waals surface area contributed by atoms with E-state index >= 15 is 0 Å². The molecule has 0 fully saturated rings. The molecule has 1 N–H and O–H groups in total. The van der Waals surface area contributed by atoms with Crippen molar-refractivity contribution in [1.29, 1.82) is 0 Å². The first-order valence-electron chi connectivity index (χ1n) is 7.70. The second-order valence-corrected chi connectivity index (χ2v) is 6.11. The maximum atomic E-state index is 12.8. The van der Waals surface area contributed by atoms with E-state index in [2.05, 4.69) is 5.32 Å².